The smallest absolute Gasteiger partial charge is 0.317 e. The van der Waals surface area contributed by atoms with Crippen LogP contribution in [0.4, 0.5) is 4.79 Å². The summed E-state index contributed by atoms with van der Waals surface area (Å²) in [6.45, 7) is 3.12. The number of carbonyl (C=O) groups excluding carboxylic acids is 1. The highest BCUT2D eigenvalue weighted by atomic mass is 16.2. The summed E-state index contributed by atoms with van der Waals surface area (Å²) in [4.78, 5) is 12.9. The second-order valence-corrected chi connectivity index (χ2v) is 2.75. The third-order valence-corrected chi connectivity index (χ3v) is 1.81. The maximum absolute atomic E-state index is 11.2. The minimum atomic E-state index is -0.0721. The Morgan fingerprint density at radius 3 is 3.08 bits per heavy atom. The second-order valence-electron chi connectivity index (χ2n) is 2.75. The van der Waals surface area contributed by atoms with Gasteiger partial charge in [0, 0.05) is 19.8 Å². The van der Waals surface area contributed by atoms with Crippen LogP contribution in [-0.4, -0.2) is 34.7 Å². The van der Waals surface area contributed by atoms with Gasteiger partial charge in [0.1, 0.15) is 0 Å². The van der Waals surface area contributed by atoms with E-state index in [9.17, 15) is 4.79 Å². The molecule has 0 saturated heterocycles. The molecule has 13 heavy (non-hydrogen) atoms. The third-order valence-electron chi connectivity index (χ3n) is 1.81. The highest BCUT2D eigenvalue weighted by Crippen LogP contribution is 1.91. The Morgan fingerprint density at radius 1 is 1.77 bits per heavy atom. The largest absolute Gasteiger partial charge is 0.332 e. The van der Waals surface area contributed by atoms with Crippen molar-refractivity contribution in [3.8, 4) is 0 Å². The van der Waals surface area contributed by atoms with Gasteiger partial charge in [-0.05, 0) is 13.0 Å². The second kappa shape index (κ2) is 4.49. The van der Waals surface area contributed by atoms with E-state index in [-0.39, 0.29) is 6.03 Å². The van der Waals surface area contributed by atoms with Crippen molar-refractivity contribution in [2.75, 3.05) is 13.6 Å². The number of rotatable bonds is 3. The molecule has 0 aliphatic rings. The number of hydrogen-bond acceptors (Lipinski definition) is 2. The van der Waals surface area contributed by atoms with E-state index < -0.39 is 0 Å². The lowest BCUT2D eigenvalue weighted by atomic mass is 10.4. The van der Waals surface area contributed by atoms with Gasteiger partial charge in [-0.25, -0.2) is 4.79 Å². The Hall–Kier alpha value is -1.52. The molecule has 0 aliphatic carbocycles. The van der Waals surface area contributed by atoms with Gasteiger partial charge in [-0.1, -0.05) is 0 Å². The normalized spacial score (nSPS) is 9.69. The van der Waals surface area contributed by atoms with Gasteiger partial charge in [0.15, 0.2) is 0 Å². The summed E-state index contributed by atoms with van der Waals surface area (Å²) in [5.41, 5.74) is 0.901. The minimum Gasteiger partial charge on any atom is -0.332 e. The number of urea groups is 1. The standard InChI is InChI=1S/C8H14N4O/c1-3-12(2)8(13)9-6-7-4-5-10-11-7/h4-5H,3,6H2,1-2H3,(H,9,13)(H,10,11). The van der Waals surface area contributed by atoms with Crippen LogP contribution in [0.15, 0.2) is 12.3 Å². The van der Waals surface area contributed by atoms with E-state index in [0.29, 0.717) is 13.1 Å². The van der Waals surface area contributed by atoms with Gasteiger partial charge in [0.05, 0.1) is 12.2 Å². The van der Waals surface area contributed by atoms with E-state index in [1.807, 2.05) is 13.0 Å². The number of aromatic amines is 1. The zero-order chi connectivity index (χ0) is 9.68. The van der Waals surface area contributed by atoms with E-state index in [4.69, 9.17) is 0 Å². The van der Waals surface area contributed by atoms with Crippen molar-refractivity contribution in [2.24, 2.45) is 0 Å². The summed E-state index contributed by atoms with van der Waals surface area (Å²) in [5, 5.41) is 9.29. The molecule has 1 rings (SSSR count). The van der Waals surface area contributed by atoms with Crippen molar-refractivity contribution in [1.29, 1.82) is 0 Å². The summed E-state index contributed by atoms with van der Waals surface area (Å²) < 4.78 is 0. The van der Waals surface area contributed by atoms with Gasteiger partial charge in [-0.15, -0.1) is 0 Å². The van der Waals surface area contributed by atoms with Gasteiger partial charge >= 0.3 is 6.03 Å². The first kappa shape index (κ1) is 9.57. The maximum Gasteiger partial charge on any atom is 0.317 e. The maximum atomic E-state index is 11.2. The van der Waals surface area contributed by atoms with Crippen LogP contribution in [0.5, 0.6) is 0 Å². The first-order valence-corrected chi connectivity index (χ1v) is 4.21. The van der Waals surface area contributed by atoms with Gasteiger partial charge in [0.2, 0.25) is 0 Å². The molecule has 1 aromatic rings. The Kier molecular flexibility index (Phi) is 3.31. The SMILES string of the molecule is CCN(C)C(=O)NCc1ccn[nH]1. The lowest BCUT2D eigenvalue weighted by Crippen LogP contribution is -2.36. The molecule has 1 aromatic heterocycles. The van der Waals surface area contributed by atoms with E-state index in [0.717, 1.165) is 5.69 Å². The predicted octanol–water partition coefficient (Wildman–Crippen LogP) is 0.571. The molecule has 72 valence electrons. The molecule has 0 atom stereocenters. The van der Waals surface area contributed by atoms with Crippen molar-refractivity contribution >= 4 is 6.03 Å². The van der Waals surface area contributed by atoms with Crippen LogP contribution in [0.3, 0.4) is 0 Å². The Morgan fingerprint density at radius 2 is 2.54 bits per heavy atom. The van der Waals surface area contributed by atoms with Crippen LogP contribution in [-0.2, 0) is 6.54 Å². The van der Waals surface area contributed by atoms with Crippen molar-refractivity contribution < 1.29 is 4.79 Å². The van der Waals surface area contributed by atoms with Crippen LogP contribution in [0, 0.1) is 0 Å². The van der Waals surface area contributed by atoms with E-state index in [2.05, 4.69) is 15.5 Å². The highest BCUT2D eigenvalue weighted by molar-refractivity contribution is 5.73. The van der Waals surface area contributed by atoms with E-state index >= 15 is 0 Å². The molecule has 5 heteroatoms. The number of nitrogens with one attached hydrogen (secondary N) is 2. The summed E-state index contributed by atoms with van der Waals surface area (Å²) in [6, 6.07) is 1.75. The molecule has 0 saturated carbocycles. The average Bonchev–Trinajstić information content (AvgIpc) is 2.65. The quantitative estimate of drug-likeness (QED) is 0.718. The first-order chi connectivity index (χ1) is 6.24. The number of amides is 2. The molecule has 0 unspecified atom stereocenters. The molecular formula is C8H14N4O. The fourth-order valence-electron chi connectivity index (χ4n) is 0.833. The van der Waals surface area contributed by atoms with Crippen molar-refractivity contribution in [3.63, 3.8) is 0 Å². The molecule has 2 N–H and O–H groups in total. The zero-order valence-electron chi connectivity index (χ0n) is 7.87. The lowest BCUT2D eigenvalue weighted by molar-refractivity contribution is 0.210. The van der Waals surface area contributed by atoms with Crippen molar-refractivity contribution in [3.05, 3.63) is 18.0 Å². The summed E-state index contributed by atoms with van der Waals surface area (Å²) in [5.74, 6) is 0. The van der Waals surface area contributed by atoms with Gasteiger partial charge < -0.3 is 10.2 Å². The molecule has 5 nitrogen and oxygen atoms in total. The number of carbonyl (C=O) groups is 1. The lowest BCUT2D eigenvalue weighted by Gasteiger charge is -2.14. The van der Waals surface area contributed by atoms with Gasteiger partial charge in [0.25, 0.3) is 0 Å². The highest BCUT2D eigenvalue weighted by Gasteiger charge is 2.04. The molecule has 1 heterocycles. The summed E-state index contributed by atoms with van der Waals surface area (Å²) in [6.07, 6.45) is 1.66. The zero-order valence-corrected chi connectivity index (χ0v) is 7.87. The topological polar surface area (TPSA) is 61.0 Å². The van der Waals surface area contributed by atoms with Crippen LogP contribution >= 0.6 is 0 Å². The molecular weight excluding hydrogens is 168 g/mol. The summed E-state index contributed by atoms with van der Waals surface area (Å²) >= 11 is 0. The third kappa shape index (κ3) is 2.77. The fraction of sp³-hybridized carbons (Fsp3) is 0.500. The minimum absolute atomic E-state index is 0.0721. The van der Waals surface area contributed by atoms with E-state index in [1.54, 1.807) is 18.1 Å². The van der Waals surface area contributed by atoms with E-state index in [1.165, 1.54) is 0 Å². The van der Waals surface area contributed by atoms with Crippen LogP contribution < -0.4 is 5.32 Å². The Bertz CT molecular complexity index is 257. The summed E-state index contributed by atoms with van der Waals surface area (Å²) in [7, 11) is 1.75. The molecule has 2 amide bonds. The predicted molar refractivity (Wildman–Crippen MR) is 49.1 cm³/mol. The fourth-order valence-corrected chi connectivity index (χ4v) is 0.833. The first-order valence-electron chi connectivity index (χ1n) is 4.21. The van der Waals surface area contributed by atoms with Crippen molar-refractivity contribution in [2.45, 2.75) is 13.5 Å². The molecule has 0 radical (unpaired) electrons. The molecule has 0 fully saturated rings. The molecule has 0 spiro atoms. The number of aromatic nitrogens is 2. The molecule has 0 aliphatic heterocycles. The van der Waals surface area contributed by atoms with Crippen molar-refractivity contribution in [1.82, 2.24) is 20.4 Å². The average molecular weight is 182 g/mol. The molecule has 0 aromatic carbocycles. The number of H-pyrrole nitrogens is 1. The van der Waals surface area contributed by atoms with Gasteiger partial charge in [-0.2, -0.15) is 5.10 Å². The Labute approximate surface area is 77.1 Å². The molecule has 0 bridgehead atoms. The Balaban J connectivity index is 2.31. The van der Waals surface area contributed by atoms with Crippen LogP contribution in [0.2, 0.25) is 0 Å². The van der Waals surface area contributed by atoms with Gasteiger partial charge in [-0.3, -0.25) is 5.10 Å². The monoisotopic (exact) mass is 182 g/mol. The van der Waals surface area contributed by atoms with Crippen LogP contribution in [0.25, 0.3) is 0 Å². The number of hydrogen-bond donors (Lipinski definition) is 2. The van der Waals surface area contributed by atoms with Crippen LogP contribution in [0.1, 0.15) is 12.6 Å². The number of nitrogens with zero attached hydrogens (tertiary/aromatic N) is 2.